The second kappa shape index (κ2) is 6.42. The van der Waals surface area contributed by atoms with Crippen molar-refractivity contribution in [2.75, 3.05) is 20.2 Å². The van der Waals surface area contributed by atoms with Gasteiger partial charge < -0.3 is 10.1 Å². The van der Waals surface area contributed by atoms with Gasteiger partial charge in [-0.3, -0.25) is 0 Å². The molecule has 1 aliphatic carbocycles. The van der Waals surface area contributed by atoms with E-state index in [4.69, 9.17) is 4.74 Å². The summed E-state index contributed by atoms with van der Waals surface area (Å²) in [4.78, 5) is 0. The van der Waals surface area contributed by atoms with E-state index in [1.807, 2.05) is 6.92 Å². The van der Waals surface area contributed by atoms with Gasteiger partial charge in [0.2, 0.25) is 0 Å². The maximum atomic E-state index is 5.53. The van der Waals surface area contributed by atoms with Crippen LogP contribution in [-0.4, -0.2) is 20.2 Å². The Hall–Kier alpha value is -1.02. The van der Waals surface area contributed by atoms with Crippen molar-refractivity contribution in [3.8, 4) is 5.75 Å². The van der Waals surface area contributed by atoms with Gasteiger partial charge >= 0.3 is 0 Å². The molecule has 1 N–H and O–H groups in total. The Kier molecular flexibility index (Phi) is 4.87. The Labute approximate surface area is 117 Å². The highest BCUT2D eigenvalue weighted by Crippen LogP contribution is 2.49. The molecule has 0 unspecified atom stereocenters. The summed E-state index contributed by atoms with van der Waals surface area (Å²) in [7, 11) is 2.06. The standard InChI is InChI=1S/C17H27NO/c1-4-6-14-11-17(12-14,13-18-3)15-7-9-16(10-8-15)19-5-2/h7-10,14,18H,4-6,11-13H2,1-3H3. The molecule has 0 spiro atoms. The molecule has 1 aliphatic rings. The average molecular weight is 261 g/mol. The first-order valence-electron chi connectivity index (χ1n) is 7.62. The summed E-state index contributed by atoms with van der Waals surface area (Å²) >= 11 is 0. The van der Waals surface area contributed by atoms with Gasteiger partial charge in [0.1, 0.15) is 5.75 Å². The Balaban J connectivity index is 2.07. The van der Waals surface area contributed by atoms with Crippen molar-refractivity contribution in [3.63, 3.8) is 0 Å². The molecule has 19 heavy (non-hydrogen) atoms. The molecule has 0 bridgehead atoms. The molecule has 0 aromatic heterocycles. The van der Waals surface area contributed by atoms with E-state index >= 15 is 0 Å². The summed E-state index contributed by atoms with van der Waals surface area (Å²) in [6, 6.07) is 8.74. The van der Waals surface area contributed by atoms with E-state index in [2.05, 4.69) is 43.6 Å². The van der Waals surface area contributed by atoms with Gasteiger partial charge in [0.05, 0.1) is 6.61 Å². The topological polar surface area (TPSA) is 21.3 Å². The van der Waals surface area contributed by atoms with E-state index in [-0.39, 0.29) is 0 Å². The highest BCUT2D eigenvalue weighted by Gasteiger charge is 2.44. The summed E-state index contributed by atoms with van der Waals surface area (Å²) in [5.41, 5.74) is 1.83. The van der Waals surface area contributed by atoms with Crippen LogP contribution in [0.1, 0.15) is 45.1 Å². The molecule has 0 aliphatic heterocycles. The van der Waals surface area contributed by atoms with Gasteiger partial charge in [0, 0.05) is 12.0 Å². The second-order valence-electron chi connectivity index (χ2n) is 5.83. The number of ether oxygens (including phenoxy) is 1. The maximum absolute atomic E-state index is 5.53. The number of rotatable bonds is 7. The van der Waals surface area contributed by atoms with Crippen molar-refractivity contribution < 1.29 is 4.74 Å². The maximum Gasteiger partial charge on any atom is 0.119 e. The average Bonchev–Trinajstić information content (AvgIpc) is 2.38. The molecule has 0 radical (unpaired) electrons. The summed E-state index contributed by atoms with van der Waals surface area (Å²) in [6.45, 7) is 6.13. The third kappa shape index (κ3) is 3.11. The number of hydrogen-bond acceptors (Lipinski definition) is 2. The molecule has 1 aromatic carbocycles. The quantitative estimate of drug-likeness (QED) is 0.807. The van der Waals surface area contributed by atoms with Gasteiger partial charge in [-0.05, 0) is 50.4 Å². The molecule has 1 saturated carbocycles. The molecule has 2 nitrogen and oxygen atoms in total. The van der Waals surface area contributed by atoms with E-state index < -0.39 is 0 Å². The van der Waals surface area contributed by atoms with Gasteiger partial charge in [0.25, 0.3) is 0 Å². The predicted molar refractivity (Wildman–Crippen MR) is 80.8 cm³/mol. The summed E-state index contributed by atoms with van der Waals surface area (Å²) in [6.07, 6.45) is 5.34. The highest BCUT2D eigenvalue weighted by molar-refractivity contribution is 5.35. The Morgan fingerprint density at radius 1 is 1.21 bits per heavy atom. The van der Waals surface area contributed by atoms with E-state index in [1.165, 1.54) is 31.2 Å². The molecule has 0 atom stereocenters. The minimum atomic E-state index is 0.360. The number of benzene rings is 1. The van der Waals surface area contributed by atoms with Crippen molar-refractivity contribution in [3.05, 3.63) is 29.8 Å². The minimum absolute atomic E-state index is 0.360. The zero-order chi connectivity index (χ0) is 13.7. The van der Waals surface area contributed by atoms with Crippen molar-refractivity contribution >= 4 is 0 Å². The van der Waals surface area contributed by atoms with E-state index in [0.29, 0.717) is 5.41 Å². The van der Waals surface area contributed by atoms with Crippen LogP contribution >= 0.6 is 0 Å². The SMILES string of the molecule is CCCC1CC(CNC)(c2ccc(OCC)cc2)C1. The largest absolute Gasteiger partial charge is 0.494 e. The molecule has 2 rings (SSSR count). The normalized spacial score (nSPS) is 25.9. The predicted octanol–water partition coefficient (Wildman–Crippen LogP) is 3.75. The van der Waals surface area contributed by atoms with E-state index in [1.54, 1.807) is 0 Å². The van der Waals surface area contributed by atoms with Gasteiger partial charge in [-0.25, -0.2) is 0 Å². The van der Waals surface area contributed by atoms with Gasteiger partial charge in [0.15, 0.2) is 0 Å². The third-order valence-corrected chi connectivity index (χ3v) is 4.35. The van der Waals surface area contributed by atoms with Crippen LogP contribution in [0.5, 0.6) is 5.75 Å². The molecular formula is C17H27NO. The smallest absolute Gasteiger partial charge is 0.119 e. The first kappa shape index (κ1) is 14.4. The first-order valence-corrected chi connectivity index (χ1v) is 7.62. The molecule has 2 heteroatoms. The molecule has 1 aromatic rings. The fourth-order valence-corrected chi connectivity index (χ4v) is 3.55. The van der Waals surface area contributed by atoms with Crippen LogP contribution in [-0.2, 0) is 5.41 Å². The van der Waals surface area contributed by atoms with Crippen LogP contribution in [0.2, 0.25) is 0 Å². The van der Waals surface area contributed by atoms with Gasteiger partial charge in [-0.15, -0.1) is 0 Å². The molecule has 0 heterocycles. The summed E-state index contributed by atoms with van der Waals surface area (Å²) < 4.78 is 5.53. The number of likely N-dealkylation sites (N-methyl/N-ethyl adjacent to an activating group) is 1. The minimum Gasteiger partial charge on any atom is -0.494 e. The first-order chi connectivity index (χ1) is 9.24. The lowest BCUT2D eigenvalue weighted by atomic mass is 9.57. The van der Waals surface area contributed by atoms with Crippen LogP contribution < -0.4 is 10.1 Å². The van der Waals surface area contributed by atoms with Crippen LogP contribution in [0.4, 0.5) is 0 Å². The molecule has 0 saturated heterocycles. The second-order valence-corrected chi connectivity index (χ2v) is 5.83. The van der Waals surface area contributed by atoms with Crippen molar-refractivity contribution in [2.45, 2.75) is 44.9 Å². The lowest BCUT2D eigenvalue weighted by Gasteiger charge is -2.48. The Morgan fingerprint density at radius 2 is 1.89 bits per heavy atom. The van der Waals surface area contributed by atoms with Crippen molar-refractivity contribution in [2.24, 2.45) is 5.92 Å². The molecule has 0 amide bonds. The van der Waals surface area contributed by atoms with Crippen LogP contribution in [0.15, 0.2) is 24.3 Å². The van der Waals surface area contributed by atoms with Crippen LogP contribution in [0.3, 0.4) is 0 Å². The number of hydrogen-bond donors (Lipinski definition) is 1. The fraction of sp³-hybridized carbons (Fsp3) is 0.647. The zero-order valence-corrected chi connectivity index (χ0v) is 12.5. The molecular weight excluding hydrogens is 234 g/mol. The van der Waals surface area contributed by atoms with E-state index in [0.717, 1.165) is 24.8 Å². The molecule has 106 valence electrons. The van der Waals surface area contributed by atoms with Gasteiger partial charge in [-0.1, -0.05) is 31.9 Å². The van der Waals surface area contributed by atoms with Gasteiger partial charge in [-0.2, -0.15) is 0 Å². The van der Waals surface area contributed by atoms with Crippen molar-refractivity contribution in [1.29, 1.82) is 0 Å². The zero-order valence-electron chi connectivity index (χ0n) is 12.5. The van der Waals surface area contributed by atoms with E-state index in [9.17, 15) is 0 Å². The monoisotopic (exact) mass is 261 g/mol. The lowest BCUT2D eigenvalue weighted by molar-refractivity contribution is 0.131. The van der Waals surface area contributed by atoms with Crippen molar-refractivity contribution in [1.82, 2.24) is 5.32 Å². The fourth-order valence-electron chi connectivity index (χ4n) is 3.55. The Bertz CT molecular complexity index is 379. The van der Waals surface area contributed by atoms with Crippen LogP contribution in [0.25, 0.3) is 0 Å². The Morgan fingerprint density at radius 3 is 2.42 bits per heavy atom. The van der Waals surface area contributed by atoms with Crippen LogP contribution in [0, 0.1) is 5.92 Å². The third-order valence-electron chi connectivity index (χ3n) is 4.35. The lowest BCUT2D eigenvalue weighted by Crippen LogP contribution is -2.47. The highest BCUT2D eigenvalue weighted by atomic mass is 16.5. The molecule has 1 fully saturated rings. The number of nitrogens with one attached hydrogen (secondary N) is 1. The summed E-state index contributed by atoms with van der Waals surface area (Å²) in [5.74, 6) is 1.90. The summed E-state index contributed by atoms with van der Waals surface area (Å²) in [5, 5.41) is 3.38.